The first-order valence-electron chi connectivity index (χ1n) is 21.6. The maximum absolute atomic E-state index is 12.2. The van der Waals surface area contributed by atoms with Gasteiger partial charge in [0.15, 0.2) is 0 Å². The summed E-state index contributed by atoms with van der Waals surface area (Å²) in [6, 6.07) is -1.32. The second-order valence-corrected chi connectivity index (χ2v) is 17.3. The maximum Gasteiger partial charge on any atom is 0.323 e. The number of esters is 2. The molecule has 50 heavy (non-hydrogen) atoms. The summed E-state index contributed by atoms with van der Waals surface area (Å²) in [5.74, 6) is 0.176. The third kappa shape index (κ3) is 37.3. The van der Waals surface area contributed by atoms with Crippen LogP contribution >= 0.6 is 21.6 Å². The first-order chi connectivity index (χ1) is 24.5. The van der Waals surface area contributed by atoms with E-state index in [9.17, 15) is 9.59 Å². The fourth-order valence-corrected chi connectivity index (χ4v) is 8.45. The monoisotopic (exact) mass is 745 g/mol. The molecule has 0 aromatic rings. The zero-order valence-electron chi connectivity index (χ0n) is 33.2. The predicted molar refractivity (Wildman–Crippen MR) is 222 cm³/mol. The Hall–Kier alpha value is -0.440. The first kappa shape index (κ1) is 49.6. The van der Waals surface area contributed by atoms with Crippen LogP contribution in [0.25, 0.3) is 0 Å². The molecule has 0 saturated carbocycles. The SMILES string of the molecule is CCCCCCCCCCCCCCCCCCOC(=O)C(N)CSSC[C@H](N)C(=O)OCCCCCCCCCCCCCCCCCC. The van der Waals surface area contributed by atoms with Crippen molar-refractivity contribution in [1.82, 2.24) is 0 Å². The van der Waals surface area contributed by atoms with E-state index in [-0.39, 0.29) is 11.9 Å². The molecular formula is C42H84N2O4S2. The van der Waals surface area contributed by atoms with E-state index in [2.05, 4.69) is 13.8 Å². The van der Waals surface area contributed by atoms with Gasteiger partial charge in [0.2, 0.25) is 0 Å². The van der Waals surface area contributed by atoms with Crippen LogP contribution in [0.3, 0.4) is 0 Å². The van der Waals surface area contributed by atoms with E-state index in [0.29, 0.717) is 24.7 Å². The topological polar surface area (TPSA) is 105 Å². The maximum atomic E-state index is 12.2. The molecular weight excluding hydrogens is 661 g/mol. The van der Waals surface area contributed by atoms with Gasteiger partial charge in [0.25, 0.3) is 0 Å². The Labute approximate surface area is 319 Å². The van der Waals surface area contributed by atoms with E-state index in [0.717, 1.165) is 25.7 Å². The minimum atomic E-state index is -0.661. The zero-order chi connectivity index (χ0) is 36.6. The molecule has 1 unspecified atom stereocenters. The molecule has 0 spiro atoms. The molecule has 0 aromatic heterocycles. The summed E-state index contributed by atoms with van der Waals surface area (Å²) < 4.78 is 10.8. The molecule has 6 nitrogen and oxygen atoms in total. The van der Waals surface area contributed by atoms with Gasteiger partial charge in [-0.3, -0.25) is 9.59 Å². The summed E-state index contributed by atoms with van der Waals surface area (Å²) in [6.45, 7) is 5.44. The quantitative estimate of drug-likeness (QED) is 0.0362. The van der Waals surface area contributed by atoms with Crippen molar-refractivity contribution in [2.75, 3.05) is 24.7 Å². The van der Waals surface area contributed by atoms with Gasteiger partial charge in [-0.05, 0) is 12.8 Å². The summed E-state index contributed by atoms with van der Waals surface area (Å²) >= 11 is 0. The second kappa shape index (κ2) is 41.3. The van der Waals surface area contributed by atoms with Crippen molar-refractivity contribution in [3.63, 3.8) is 0 Å². The number of ether oxygens (including phenoxy) is 2. The first-order valence-corrected chi connectivity index (χ1v) is 24.1. The molecule has 0 rings (SSSR count). The lowest BCUT2D eigenvalue weighted by atomic mass is 10.0. The third-order valence-electron chi connectivity index (χ3n) is 9.67. The van der Waals surface area contributed by atoms with E-state index in [1.807, 2.05) is 0 Å². The van der Waals surface area contributed by atoms with E-state index in [4.69, 9.17) is 20.9 Å². The van der Waals surface area contributed by atoms with Crippen molar-refractivity contribution in [2.45, 2.75) is 231 Å². The highest BCUT2D eigenvalue weighted by atomic mass is 33.1. The summed E-state index contributed by atoms with van der Waals surface area (Å²) in [6.07, 6.45) is 42.3. The van der Waals surface area contributed by atoms with E-state index in [1.165, 1.54) is 201 Å². The van der Waals surface area contributed by atoms with Gasteiger partial charge in [-0.1, -0.05) is 228 Å². The van der Waals surface area contributed by atoms with E-state index < -0.39 is 12.1 Å². The van der Waals surface area contributed by atoms with Crippen LogP contribution in [0, 0.1) is 0 Å². The predicted octanol–water partition coefficient (Wildman–Crippen LogP) is 12.6. The number of unbranched alkanes of at least 4 members (excludes halogenated alkanes) is 30. The number of hydrogen-bond acceptors (Lipinski definition) is 8. The normalized spacial score (nSPS) is 12.6. The molecule has 2 atom stereocenters. The summed E-state index contributed by atoms with van der Waals surface area (Å²) in [7, 11) is 2.91. The Balaban J connectivity index is 3.45. The standard InChI is InChI=1S/C42H84N2O4S2/c1-3-5-7-9-11-13-15-17-19-21-23-25-27-29-31-33-35-47-41(45)39(43)37-49-50-38-40(44)42(46)48-36-34-32-30-28-26-24-22-20-18-16-14-12-10-8-6-4-2/h39-40H,3-38,43-44H2,1-2H3/t39-,40?/m0/s1. The molecule has 0 aliphatic rings. The molecule has 4 N–H and O–H groups in total. The largest absolute Gasteiger partial charge is 0.465 e. The minimum Gasteiger partial charge on any atom is -0.465 e. The number of rotatable bonds is 41. The van der Waals surface area contributed by atoms with Crippen LogP contribution in [0.15, 0.2) is 0 Å². The minimum absolute atomic E-state index is 0.346. The van der Waals surface area contributed by atoms with Gasteiger partial charge < -0.3 is 20.9 Å². The Kier molecular flexibility index (Phi) is 41.0. The zero-order valence-corrected chi connectivity index (χ0v) is 34.8. The number of hydrogen-bond donors (Lipinski definition) is 2. The van der Waals surface area contributed by atoms with Crippen LogP contribution in [0.4, 0.5) is 0 Å². The van der Waals surface area contributed by atoms with Gasteiger partial charge in [0, 0.05) is 11.5 Å². The molecule has 298 valence electrons. The van der Waals surface area contributed by atoms with Gasteiger partial charge >= 0.3 is 11.9 Å². The van der Waals surface area contributed by atoms with Crippen LogP contribution in [-0.2, 0) is 19.1 Å². The van der Waals surface area contributed by atoms with Crippen molar-refractivity contribution >= 4 is 33.5 Å². The molecule has 0 radical (unpaired) electrons. The summed E-state index contributed by atoms with van der Waals surface area (Å²) in [5.41, 5.74) is 12.0. The van der Waals surface area contributed by atoms with Gasteiger partial charge in [0.1, 0.15) is 12.1 Å². The highest BCUT2D eigenvalue weighted by Gasteiger charge is 2.18. The second-order valence-electron chi connectivity index (χ2n) is 14.7. The molecule has 8 heteroatoms. The average Bonchev–Trinajstić information content (AvgIpc) is 3.12. The average molecular weight is 745 g/mol. The lowest BCUT2D eigenvalue weighted by Gasteiger charge is -2.13. The molecule has 0 aliphatic carbocycles. The van der Waals surface area contributed by atoms with Gasteiger partial charge in [-0.25, -0.2) is 0 Å². The Morgan fingerprint density at radius 2 is 0.580 bits per heavy atom. The van der Waals surface area contributed by atoms with Crippen molar-refractivity contribution in [3.8, 4) is 0 Å². The van der Waals surface area contributed by atoms with E-state index in [1.54, 1.807) is 0 Å². The number of carbonyl (C=O) groups excluding carboxylic acids is 2. The Morgan fingerprint density at radius 3 is 0.800 bits per heavy atom. The lowest BCUT2D eigenvalue weighted by molar-refractivity contribution is -0.145. The van der Waals surface area contributed by atoms with Crippen molar-refractivity contribution in [3.05, 3.63) is 0 Å². The van der Waals surface area contributed by atoms with Crippen LogP contribution in [0.1, 0.15) is 219 Å². The van der Waals surface area contributed by atoms with Gasteiger partial charge in [-0.2, -0.15) is 0 Å². The molecule has 0 bridgehead atoms. The lowest BCUT2D eigenvalue weighted by Crippen LogP contribution is -2.35. The smallest absolute Gasteiger partial charge is 0.323 e. The number of carbonyl (C=O) groups is 2. The van der Waals surface area contributed by atoms with Crippen molar-refractivity contribution in [1.29, 1.82) is 0 Å². The Bertz CT molecular complexity index is 657. The van der Waals surface area contributed by atoms with Crippen molar-refractivity contribution in [2.24, 2.45) is 11.5 Å². The molecule has 0 aromatic carbocycles. The van der Waals surface area contributed by atoms with Crippen LogP contribution in [0.5, 0.6) is 0 Å². The fraction of sp³-hybridized carbons (Fsp3) is 0.952. The van der Waals surface area contributed by atoms with E-state index >= 15 is 0 Å². The van der Waals surface area contributed by atoms with Crippen molar-refractivity contribution < 1.29 is 19.1 Å². The Morgan fingerprint density at radius 1 is 0.380 bits per heavy atom. The molecule has 0 aliphatic heterocycles. The van der Waals surface area contributed by atoms with Gasteiger partial charge in [-0.15, -0.1) is 0 Å². The summed E-state index contributed by atoms with van der Waals surface area (Å²) in [5, 5.41) is 0. The van der Waals surface area contributed by atoms with Crippen LogP contribution in [0.2, 0.25) is 0 Å². The third-order valence-corrected chi connectivity index (χ3v) is 12.1. The number of nitrogens with two attached hydrogens (primary N) is 2. The molecule has 0 amide bonds. The molecule has 0 fully saturated rings. The highest BCUT2D eigenvalue weighted by Crippen LogP contribution is 2.23. The van der Waals surface area contributed by atoms with Gasteiger partial charge in [0.05, 0.1) is 13.2 Å². The highest BCUT2D eigenvalue weighted by molar-refractivity contribution is 8.76. The molecule has 0 saturated heterocycles. The van der Waals surface area contributed by atoms with Crippen LogP contribution < -0.4 is 11.5 Å². The van der Waals surface area contributed by atoms with Crippen LogP contribution in [-0.4, -0.2) is 48.7 Å². The fourth-order valence-electron chi connectivity index (χ4n) is 6.24. The summed E-state index contributed by atoms with van der Waals surface area (Å²) in [4.78, 5) is 24.4. The molecule has 0 heterocycles.